The van der Waals surface area contributed by atoms with Crippen LogP contribution in [0.2, 0.25) is 0 Å². The van der Waals surface area contributed by atoms with Gasteiger partial charge in [0.25, 0.3) is 0 Å². The molecule has 1 saturated carbocycles. The molecule has 0 radical (unpaired) electrons. The summed E-state index contributed by atoms with van der Waals surface area (Å²) in [5.41, 5.74) is 2.02. The third-order valence-electron chi connectivity index (χ3n) is 4.27. The molecule has 96 valence electrons. The lowest BCUT2D eigenvalue weighted by Crippen LogP contribution is -2.22. The second-order valence-corrected chi connectivity index (χ2v) is 5.29. The molecule has 0 spiro atoms. The molecule has 2 aliphatic rings. The molecule has 3 rings (SSSR count). The molecule has 1 atom stereocenters. The Kier molecular flexibility index (Phi) is 2.98. The summed E-state index contributed by atoms with van der Waals surface area (Å²) in [6.07, 6.45) is 6.18. The fourth-order valence-electron chi connectivity index (χ4n) is 3.39. The Labute approximate surface area is 108 Å². The van der Waals surface area contributed by atoms with Crippen LogP contribution in [-0.4, -0.2) is 13.0 Å². The highest BCUT2D eigenvalue weighted by molar-refractivity contribution is 6.04. The first-order valence-electron chi connectivity index (χ1n) is 6.79. The number of benzene rings is 1. The fourth-order valence-corrected chi connectivity index (χ4v) is 3.39. The predicted octanol–water partition coefficient (Wildman–Crippen LogP) is 3.31. The van der Waals surface area contributed by atoms with Crippen molar-refractivity contribution in [1.82, 2.24) is 0 Å². The summed E-state index contributed by atoms with van der Waals surface area (Å²) in [5.74, 6) is 1.48. The SMILES string of the molecule is COc1cccc2c1NC(=O)C2C1CCCCC1. The van der Waals surface area contributed by atoms with E-state index in [-0.39, 0.29) is 11.8 Å². The van der Waals surface area contributed by atoms with Crippen molar-refractivity contribution < 1.29 is 9.53 Å². The smallest absolute Gasteiger partial charge is 0.232 e. The Morgan fingerprint density at radius 1 is 1.22 bits per heavy atom. The normalized spacial score (nSPS) is 23.6. The zero-order valence-electron chi connectivity index (χ0n) is 10.7. The highest BCUT2D eigenvalue weighted by Gasteiger charge is 2.38. The van der Waals surface area contributed by atoms with E-state index in [4.69, 9.17) is 4.74 Å². The zero-order valence-corrected chi connectivity index (χ0v) is 10.7. The first-order valence-corrected chi connectivity index (χ1v) is 6.79. The van der Waals surface area contributed by atoms with Gasteiger partial charge in [-0.05, 0) is 30.4 Å². The number of anilines is 1. The molecule has 1 unspecified atom stereocenters. The Hall–Kier alpha value is -1.51. The van der Waals surface area contributed by atoms with Crippen molar-refractivity contribution in [3.63, 3.8) is 0 Å². The van der Waals surface area contributed by atoms with Crippen molar-refractivity contribution in [1.29, 1.82) is 0 Å². The number of amides is 1. The van der Waals surface area contributed by atoms with Crippen LogP contribution < -0.4 is 10.1 Å². The molecule has 3 heteroatoms. The van der Waals surface area contributed by atoms with Gasteiger partial charge in [-0.25, -0.2) is 0 Å². The van der Waals surface area contributed by atoms with Gasteiger partial charge in [0, 0.05) is 0 Å². The third kappa shape index (κ3) is 1.78. The van der Waals surface area contributed by atoms with Crippen molar-refractivity contribution >= 4 is 11.6 Å². The van der Waals surface area contributed by atoms with E-state index >= 15 is 0 Å². The van der Waals surface area contributed by atoms with Gasteiger partial charge in [0.1, 0.15) is 5.75 Å². The molecule has 0 aromatic heterocycles. The second kappa shape index (κ2) is 4.63. The van der Waals surface area contributed by atoms with Crippen molar-refractivity contribution in [2.75, 3.05) is 12.4 Å². The molecule has 3 nitrogen and oxygen atoms in total. The molecule has 1 aromatic rings. The lowest BCUT2D eigenvalue weighted by atomic mass is 9.77. The van der Waals surface area contributed by atoms with Crippen LogP contribution in [0.3, 0.4) is 0 Å². The van der Waals surface area contributed by atoms with E-state index in [1.165, 1.54) is 32.1 Å². The number of rotatable bonds is 2. The van der Waals surface area contributed by atoms with Crippen molar-refractivity contribution in [2.24, 2.45) is 5.92 Å². The monoisotopic (exact) mass is 245 g/mol. The maximum absolute atomic E-state index is 12.2. The second-order valence-electron chi connectivity index (χ2n) is 5.29. The summed E-state index contributed by atoms with van der Waals surface area (Å²) >= 11 is 0. The number of carbonyl (C=O) groups excluding carboxylic acids is 1. The van der Waals surface area contributed by atoms with Crippen molar-refractivity contribution in [3.05, 3.63) is 23.8 Å². The van der Waals surface area contributed by atoms with E-state index in [1.54, 1.807) is 7.11 Å². The van der Waals surface area contributed by atoms with E-state index in [9.17, 15) is 4.79 Å². The zero-order chi connectivity index (χ0) is 12.5. The summed E-state index contributed by atoms with van der Waals surface area (Å²) in [6.45, 7) is 0. The van der Waals surface area contributed by atoms with Crippen LogP contribution in [0.5, 0.6) is 5.75 Å². The fraction of sp³-hybridized carbons (Fsp3) is 0.533. The molecule has 1 N–H and O–H groups in total. The topological polar surface area (TPSA) is 38.3 Å². The summed E-state index contributed by atoms with van der Waals surface area (Å²) in [6, 6.07) is 5.95. The number of methoxy groups -OCH3 is 1. The predicted molar refractivity (Wildman–Crippen MR) is 70.9 cm³/mol. The highest BCUT2D eigenvalue weighted by atomic mass is 16.5. The van der Waals surface area contributed by atoms with Gasteiger partial charge in [-0.15, -0.1) is 0 Å². The van der Waals surface area contributed by atoms with E-state index in [0.29, 0.717) is 5.92 Å². The van der Waals surface area contributed by atoms with Gasteiger partial charge in [0.15, 0.2) is 0 Å². The van der Waals surface area contributed by atoms with Crippen LogP contribution >= 0.6 is 0 Å². The van der Waals surface area contributed by atoms with Crippen LogP contribution in [0.15, 0.2) is 18.2 Å². The van der Waals surface area contributed by atoms with Gasteiger partial charge in [-0.3, -0.25) is 4.79 Å². The molecule has 1 fully saturated rings. The molecule has 1 aromatic carbocycles. The Morgan fingerprint density at radius 3 is 2.72 bits per heavy atom. The minimum atomic E-state index is 0.0374. The Balaban J connectivity index is 1.96. The molecule has 0 saturated heterocycles. The number of ether oxygens (including phenoxy) is 1. The number of fused-ring (bicyclic) bond motifs is 1. The molecule has 1 aliphatic heterocycles. The minimum absolute atomic E-state index is 0.0374. The van der Waals surface area contributed by atoms with Crippen LogP contribution in [0.4, 0.5) is 5.69 Å². The Morgan fingerprint density at radius 2 is 2.00 bits per heavy atom. The highest BCUT2D eigenvalue weighted by Crippen LogP contribution is 2.46. The van der Waals surface area contributed by atoms with Gasteiger partial charge in [-0.2, -0.15) is 0 Å². The number of nitrogens with one attached hydrogen (secondary N) is 1. The van der Waals surface area contributed by atoms with Crippen LogP contribution in [0.1, 0.15) is 43.6 Å². The summed E-state index contributed by atoms with van der Waals surface area (Å²) < 4.78 is 5.33. The first-order chi connectivity index (χ1) is 8.81. The average molecular weight is 245 g/mol. The third-order valence-corrected chi connectivity index (χ3v) is 4.27. The largest absolute Gasteiger partial charge is 0.495 e. The lowest BCUT2D eigenvalue weighted by molar-refractivity contribution is -0.118. The van der Waals surface area contributed by atoms with Gasteiger partial charge in [-0.1, -0.05) is 31.4 Å². The maximum Gasteiger partial charge on any atom is 0.232 e. The van der Waals surface area contributed by atoms with Gasteiger partial charge in [0.2, 0.25) is 5.91 Å². The minimum Gasteiger partial charge on any atom is -0.495 e. The van der Waals surface area contributed by atoms with E-state index in [0.717, 1.165) is 17.0 Å². The first kappa shape index (κ1) is 11.6. The van der Waals surface area contributed by atoms with Crippen LogP contribution in [0.25, 0.3) is 0 Å². The summed E-state index contributed by atoms with van der Waals surface area (Å²) in [4.78, 5) is 12.2. The molecular formula is C15H19NO2. The molecule has 0 bridgehead atoms. The average Bonchev–Trinajstić information content (AvgIpc) is 2.75. The summed E-state index contributed by atoms with van der Waals surface area (Å²) in [7, 11) is 1.65. The van der Waals surface area contributed by atoms with Gasteiger partial charge in [0.05, 0.1) is 18.7 Å². The summed E-state index contributed by atoms with van der Waals surface area (Å²) in [5, 5.41) is 3.00. The van der Waals surface area contributed by atoms with Crippen LogP contribution in [-0.2, 0) is 4.79 Å². The lowest BCUT2D eigenvalue weighted by Gasteiger charge is -2.26. The number of hydrogen-bond donors (Lipinski definition) is 1. The Bertz CT molecular complexity index is 464. The standard InChI is InChI=1S/C15H19NO2/c1-18-12-9-5-8-11-13(15(17)16-14(11)12)10-6-3-2-4-7-10/h5,8-10,13H,2-4,6-7H2,1H3,(H,16,17). The number of para-hydroxylation sites is 1. The van der Waals surface area contributed by atoms with Gasteiger partial charge >= 0.3 is 0 Å². The van der Waals surface area contributed by atoms with Crippen molar-refractivity contribution in [3.8, 4) is 5.75 Å². The molecule has 1 amide bonds. The molecule has 18 heavy (non-hydrogen) atoms. The quantitative estimate of drug-likeness (QED) is 0.868. The molecular weight excluding hydrogens is 226 g/mol. The number of hydrogen-bond acceptors (Lipinski definition) is 2. The van der Waals surface area contributed by atoms with E-state index in [2.05, 4.69) is 11.4 Å². The van der Waals surface area contributed by atoms with Crippen molar-refractivity contribution in [2.45, 2.75) is 38.0 Å². The van der Waals surface area contributed by atoms with Gasteiger partial charge < -0.3 is 10.1 Å². The number of carbonyl (C=O) groups is 1. The van der Waals surface area contributed by atoms with Crippen LogP contribution in [0, 0.1) is 5.92 Å². The molecule has 1 aliphatic carbocycles. The maximum atomic E-state index is 12.2. The van der Waals surface area contributed by atoms with E-state index < -0.39 is 0 Å². The van der Waals surface area contributed by atoms with E-state index in [1.807, 2.05) is 12.1 Å². The molecule has 1 heterocycles.